The minimum atomic E-state index is 0.414. The summed E-state index contributed by atoms with van der Waals surface area (Å²) >= 11 is 5.20. The van der Waals surface area contributed by atoms with E-state index < -0.39 is 0 Å². The third kappa shape index (κ3) is 4.54. The molecule has 1 heterocycles. The summed E-state index contributed by atoms with van der Waals surface area (Å²) in [5, 5.41) is 7.69. The van der Waals surface area contributed by atoms with Crippen LogP contribution in [-0.2, 0) is 0 Å². The summed E-state index contributed by atoms with van der Waals surface area (Å²) in [6, 6.07) is 11.3. The molecule has 0 aliphatic rings. The first-order valence-corrected chi connectivity index (χ1v) is 6.75. The second-order valence-electron chi connectivity index (χ2n) is 4.23. The lowest BCUT2D eigenvalue weighted by molar-refractivity contribution is 0.415. The maximum atomic E-state index is 5.20. The number of hydrazone groups is 1. The van der Waals surface area contributed by atoms with Crippen LogP contribution in [-0.4, -0.2) is 22.9 Å². The lowest BCUT2D eigenvalue weighted by Crippen LogP contribution is -2.24. The van der Waals surface area contributed by atoms with Crippen LogP contribution in [0.3, 0.4) is 0 Å². The Morgan fingerprint density at radius 2 is 2.00 bits per heavy atom. The summed E-state index contributed by atoms with van der Waals surface area (Å²) in [5.41, 5.74) is 5.46. The van der Waals surface area contributed by atoms with Crippen LogP contribution in [0, 0.1) is 0 Å². The first kappa shape index (κ1) is 14.9. The van der Waals surface area contributed by atoms with E-state index in [9.17, 15) is 0 Å². The highest BCUT2D eigenvalue weighted by atomic mass is 32.1. The van der Waals surface area contributed by atoms with Gasteiger partial charge in [-0.05, 0) is 43.4 Å². The quantitative estimate of drug-likeness (QED) is 0.516. The Labute approximate surface area is 129 Å². The molecule has 0 unspecified atom stereocenters. The highest BCUT2D eigenvalue weighted by Crippen LogP contribution is 2.16. The van der Waals surface area contributed by atoms with E-state index in [1.807, 2.05) is 43.3 Å². The maximum absolute atomic E-state index is 5.20. The topological polar surface area (TPSA) is 58.5 Å². The van der Waals surface area contributed by atoms with E-state index in [4.69, 9.17) is 17.0 Å². The molecule has 2 rings (SSSR count). The van der Waals surface area contributed by atoms with Crippen LogP contribution in [0.2, 0.25) is 0 Å². The minimum Gasteiger partial charge on any atom is -0.497 e. The van der Waals surface area contributed by atoms with Gasteiger partial charge in [-0.25, -0.2) is 0 Å². The van der Waals surface area contributed by atoms with Crippen molar-refractivity contribution in [1.29, 1.82) is 0 Å². The van der Waals surface area contributed by atoms with E-state index in [1.165, 1.54) is 0 Å². The lowest BCUT2D eigenvalue weighted by Gasteiger charge is -2.09. The Morgan fingerprint density at radius 1 is 1.24 bits per heavy atom. The molecular weight excluding hydrogens is 284 g/mol. The fourth-order valence-electron chi connectivity index (χ4n) is 1.65. The van der Waals surface area contributed by atoms with E-state index in [2.05, 4.69) is 20.8 Å². The average Bonchev–Trinajstić information content (AvgIpc) is 2.53. The number of pyridine rings is 1. The second kappa shape index (κ2) is 7.35. The van der Waals surface area contributed by atoms with Crippen molar-refractivity contribution < 1.29 is 4.74 Å². The fourth-order valence-corrected chi connectivity index (χ4v) is 1.82. The molecule has 0 saturated heterocycles. The van der Waals surface area contributed by atoms with Crippen LogP contribution in [0.25, 0.3) is 0 Å². The Kier molecular flexibility index (Phi) is 5.22. The molecule has 0 spiro atoms. The van der Waals surface area contributed by atoms with Crippen molar-refractivity contribution in [2.45, 2.75) is 6.92 Å². The van der Waals surface area contributed by atoms with Gasteiger partial charge < -0.3 is 10.1 Å². The van der Waals surface area contributed by atoms with Crippen molar-refractivity contribution in [2.75, 3.05) is 12.4 Å². The molecule has 108 valence electrons. The first-order chi connectivity index (χ1) is 10.2. The first-order valence-electron chi connectivity index (χ1n) is 6.35. The molecule has 6 heteroatoms. The molecule has 0 fully saturated rings. The third-order valence-electron chi connectivity index (χ3n) is 2.75. The average molecular weight is 300 g/mol. The van der Waals surface area contributed by atoms with Crippen molar-refractivity contribution in [3.05, 3.63) is 54.4 Å². The monoisotopic (exact) mass is 300 g/mol. The molecule has 0 saturated carbocycles. The lowest BCUT2D eigenvalue weighted by atomic mass is 10.2. The van der Waals surface area contributed by atoms with Gasteiger partial charge >= 0.3 is 0 Å². The van der Waals surface area contributed by atoms with Gasteiger partial charge in [-0.2, -0.15) is 5.10 Å². The summed E-state index contributed by atoms with van der Waals surface area (Å²) in [6.07, 6.45) is 3.45. The number of aromatic nitrogens is 1. The van der Waals surface area contributed by atoms with Gasteiger partial charge in [0.25, 0.3) is 0 Å². The molecule has 21 heavy (non-hydrogen) atoms. The Morgan fingerprint density at radius 3 is 2.71 bits per heavy atom. The number of rotatable bonds is 4. The molecule has 0 atom stereocenters. The number of benzene rings is 1. The van der Waals surface area contributed by atoms with Gasteiger partial charge in [0.15, 0.2) is 5.11 Å². The predicted octanol–water partition coefficient (Wildman–Crippen LogP) is 2.80. The number of nitrogens with zero attached hydrogens (tertiary/aromatic N) is 2. The van der Waals surface area contributed by atoms with Gasteiger partial charge in [0.2, 0.25) is 0 Å². The normalized spacial score (nSPS) is 10.9. The van der Waals surface area contributed by atoms with Crippen molar-refractivity contribution in [1.82, 2.24) is 10.4 Å². The van der Waals surface area contributed by atoms with Crippen molar-refractivity contribution in [2.24, 2.45) is 5.10 Å². The molecule has 0 radical (unpaired) electrons. The largest absolute Gasteiger partial charge is 0.497 e. The molecule has 0 amide bonds. The van der Waals surface area contributed by atoms with Gasteiger partial charge in [-0.1, -0.05) is 6.07 Å². The second-order valence-corrected chi connectivity index (χ2v) is 4.64. The SMILES string of the molecule is COc1cccc(NC(=S)N/N=C(\C)c2ccncc2)c1. The van der Waals surface area contributed by atoms with Crippen LogP contribution in [0.15, 0.2) is 53.9 Å². The van der Waals surface area contributed by atoms with E-state index in [1.54, 1.807) is 19.5 Å². The van der Waals surface area contributed by atoms with Gasteiger partial charge in [-0.15, -0.1) is 0 Å². The van der Waals surface area contributed by atoms with Crippen LogP contribution in [0.5, 0.6) is 5.75 Å². The molecule has 1 aromatic heterocycles. The van der Waals surface area contributed by atoms with Crippen LogP contribution < -0.4 is 15.5 Å². The van der Waals surface area contributed by atoms with Crippen molar-refractivity contribution >= 4 is 28.7 Å². The molecule has 0 aliphatic heterocycles. The number of thiocarbonyl (C=S) groups is 1. The van der Waals surface area contributed by atoms with Crippen LogP contribution in [0.1, 0.15) is 12.5 Å². The van der Waals surface area contributed by atoms with Gasteiger partial charge in [0.05, 0.1) is 12.8 Å². The number of methoxy groups -OCH3 is 1. The van der Waals surface area contributed by atoms with Crippen molar-refractivity contribution in [3.8, 4) is 5.75 Å². The predicted molar refractivity (Wildman–Crippen MR) is 88.8 cm³/mol. The molecule has 1 aromatic carbocycles. The molecule has 0 bridgehead atoms. The zero-order valence-corrected chi connectivity index (χ0v) is 12.6. The van der Waals surface area contributed by atoms with E-state index in [-0.39, 0.29) is 0 Å². The van der Waals surface area contributed by atoms with Gasteiger partial charge in [0.1, 0.15) is 5.75 Å². The Bertz CT molecular complexity index is 643. The van der Waals surface area contributed by atoms with E-state index in [0.717, 1.165) is 22.7 Å². The minimum absolute atomic E-state index is 0.414. The number of nitrogens with one attached hydrogen (secondary N) is 2. The summed E-state index contributed by atoms with van der Waals surface area (Å²) in [6.45, 7) is 1.90. The standard InChI is InChI=1S/C15H16N4OS/c1-11(12-6-8-16-9-7-12)18-19-15(21)17-13-4-3-5-14(10-13)20-2/h3-10H,1-2H3,(H2,17,19,21)/b18-11+. The fraction of sp³-hybridized carbons (Fsp3) is 0.133. The van der Waals surface area contributed by atoms with Crippen LogP contribution in [0.4, 0.5) is 5.69 Å². The summed E-state index contributed by atoms with van der Waals surface area (Å²) < 4.78 is 5.16. The van der Waals surface area contributed by atoms with Gasteiger partial charge in [0, 0.05) is 29.7 Å². The zero-order chi connectivity index (χ0) is 15.1. The highest BCUT2D eigenvalue weighted by molar-refractivity contribution is 7.80. The number of hydrogen-bond donors (Lipinski definition) is 2. The molecule has 5 nitrogen and oxygen atoms in total. The maximum Gasteiger partial charge on any atom is 0.191 e. The van der Waals surface area contributed by atoms with Gasteiger partial charge in [-0.3, -0.25) is 10.4 Å². The summed E-state index contributed by atoms with van der Waals surface area (Å²) in [7, 11) is 1.62. The van der Waals surface area contributed by atoms with E-state index in [0.29, 0.717) is 5.11 Å². The number of anilines is 1. The number of ether oxygens (including phenoxy) is 1. The summed E-state index contributed by atoms with van der Waals surface area (Å²) in [5.74, 6) is 0.763. The molecular formula is C15H16N4OS. The molecule has 0 aliphatic carbocycles. The van der Waals surface area contributed by atoms with Crippen molar-refractivity contribution in [3.63, 3.8) is 0 Å². The van der Waals surface area contributed by atoms with Crippen LogP contribution >= 0.6 is 12.2 Å². The zero-order valence-electron chi connectivity index (χ0n) is 11.8. The molecule has 2 N–H and O–H groups in total. The Hall–Kier alpha value is -2.47. The van der Waals surface area contributed by atoms with E-state index >= 15 is 0 Å². The number of hydrogen-bond acceptors (Lipinski definition) is 4. The Balaban J connectivity index is 1.95. The highest BCUT2D eigenvalue weighted by Gasteiger charge is 2.00. The summed E-state index contributed by atoms with van der Waals surface area (Å²) in [4.78, 5) is 3.97. The smallest absolute Gasteiger partial charge is 0.191 e. The third-order valence-corrected chi connectivity index (χ3v) is 2.94. The molecule has 2 aromatic rings.